The summed E-state index contributed by atoms with van der Waals surface area (Å²) >= 11 is 0. The Hall–Kier alpha value is -3.80. The quantitative estimate of drug-likeness (QED) is 0.456. The summed E-state index contributed by atoms with van der Waals surface area (Å²) in [6, 6.07) is 19.9. The van der Waals surface area contributed by atoms with Crippen LogP contribution in [0.3, 0.4) is 0 Å². The van der Waals surface area contributed by atoms with Crippen molar-refractivity contribution in [2.75, 3.05) is 0 Å². The molecule has 0 radical (unpaired) electrons. The summed E-state index contributed by atoms with van der Waals surface area (Å²) in [5.74, 6) is 0.125. The highest BCUT2D eigenvalue weighted by Crippen LogP contribution is 2.50. The van der Waals surface area contributed by atoms with E-state index >= 15 is 0 Å². The number of ether oxygens (including phenoxy) is 1. The molecule has 1 spiro atoms. The number of benzene rings is 2. The van der Waals surface area contributed by atoms with E-state index in [1.807, 2.05) is 54.6 Å². The number of carbonyl (C=O) groups is 1. The molecule has 32 heavy (non-hydrogen) atoms. The largest absolute Gasteiger partial charge is 0.451 e. The van der Waals surface area contributed by atoms with Crippen LogP contribution in [0.15, 0.2) is 73.1 Å². The lowest BCUT2D eigenvalue weighted by Gasteiger charge is -2.36. The minimum Gasteiger partial charge on any atom is -0.451 e. The predicted octanol–water partition coefficient (Wildman–Crippen LogP) is 5.26. The van der Waals surface area contributed by atoms with Crippen molar-refractivity contribution in [3.05, 3.63) is 89.9 Å². The number of nitrogens with zero attached hydrogens (tertiary/aromatic N) is 3. The summed E-state index contributed by atoms with van der Waals surface area (Å²) in [6.45, 7) is 0. The zero-order valence-corrected chi connectivity index (χ0v) is 17.5. The van der Waals surface area contributed by atoms with E-state index in [-0.39, 0.29) is 5.97 Å². The fraction of sp³-hybridized carbons (Fsp3) is 0.231. The lowest BCUT2D eigenvalue weighted by molar-refractivity contribution is -0.0311. The Bertz CT molecular complexity index is 1290. The van der Waals surface area contributed by atoms with Crippen molar-refractivity contribution in [1.82, 2.24) is 20.2 Å². The molecule has 0 unspecified atom stereocenters. The van der Waals surface area contributed by atoms with Gasteiger partial charge in [-0.25, -0.2) is 9.78 Å². The van der Waals surface area contributed by atoms with Crippen LogP contribution < -0.4 is 0 Å². The molecule has 1 N–H and O–H groups in total. The summed E-state index contributed by atoms with van der Waals surface area (Å²) in [4.78, 5) is 21.5. The molecule has 1 saturated carbocycles. The van der Waals surface area contributed by atoms with Gasteiger partial charge in [0.1, 0.15) is 11.3 Å². The third-order valence-electron chi connectivity index (χ3n) is 6.72. The first kappa shape index (κ1) is 18.9. The Labute approximate surface area is 185 Å². The summed E-state index contributed by atoms with van der Waals surface area (Å²) < 4.78 is 5.89. The van der Waals surface area contributed by atoms with Crippen molar-refractivity contribution in [3.63, 3.8) is 0 Å². The second kappa shape index (κ2) is 7.41. The van der Waals surface area contributed by atoms with Gasteiger partial charge in [-0.2, -0.15) is 5.10 Å². The van der Waals surface area contributed by atoms with Crippen molar-refractivity contribution in [3.8, 4) is 22.6 Å². The van der Waals surface area contributed by atoms with Crippen molar-refractivity contribution in [2.45, 2.75) is 37.2 Å². The molecule has 2 aromatic carbocycles. The predicted molar refractivity (Wildman–Crippen MR) is 120 cm³/mol. The molecule has 2 aliphatic rings. The summed E-state index contributed by atoms with van der Waals surface area (Å²) in [5.41, 5.74) is 5.81. The molecule has 1 aliphatic carbocycles. The summed E-state index contributed by atoms with van der Waals surface area (Å²) in [5, 5.41) is 7.74. The lowest BCUT2D eigenvalue weighted by Crippen LogP contribution is -2.31. The van der Waals surface area contributed by atoms with E-state index in [0.29, 0.717) is 11.5 Å². The van der Waals surface area contributed by atoms with Gasteiger partial charge < -0.3 is 4.74 Å². The van der Waals surface area contributed by atoms with Crippen molar-refractivity contribution in [1.29, 1.82) is 0 Å². The van der Waals surface area contributed by atoms with E-state index in [0.717, 1.165) is 59.6 Å². The lowest BCUT2D eigenvalue weighted by atomic mass is 9.74. The third-order valence-corrected chi connectivity index (χ3v) is 6.72. The van der Waals surface area contributed by atoms with E-state index in [4.69, 9.17) is 9.72 Å². The second-order valence-corrected chi connectivity index (χ2v) is 8.57. The monoisotopic (exact) mass is 422 g/mol. The van der Waals surface area contributed by atoms with Crippen molar-refractivity contribution in [2.24, 2.45) is 0 Å². The van der Waals surface area contributed by atoms with E-state index in [2.05, 4.69) is 21.2 Å². The highest BCUT2D eigenvalue weighted by molar-refractivity contribution is 5.94. The maximum atomic E-state index is 12.3. The number of fused-ring (bicyclic) bond motifs is 2. The Morgan fingerprint density at radius 3 is 2.53 bits per heavy atom. The Kier molecular flexibility index (Phi) is 4.38. The smallest absolute Gasteiger partial charge is 0.339 e. The van der Waals surface area contributed by atoms with Crippen LogP contribution in [0, 0.1) is 0 Å². The van der Waals surface area contributed by atoms with E-state index in [9.17, 15) is 4.79 Å². The fourth-order valence-electron chi connectivity index (χ4n) is 5.02. The minimum atomic E-state index is -0.473. The first-order valence-electron chi connectivity index (χ1n) is 11.0. The Morgan fingerprint density at radius 2 is 1.69 bits per heavy atom. The van der Waals surface area contributed by atoms with Crippen LogP contribution in [0.4, 0.5) is 0 Å². The van der Waals surface area contributed by atoms with Gasteiger partial charge in [-0.05, 0) is 37.8 Å². The molecular weight excluding hydrogens is 400 g/mol. The SMILES string of the molecule is O=C1OC2(CCC(c3cc(-c4cncc(-c5ccccc5)n4)[nH]n3)CC2)c2ccccc21. The van der Waals surface area contributed by atoms with Crippen molar-refractivity contribution >= 4 is 5.97 Å². The number of rotatable bonds is 3. The Balaban J connectivity index is 1.21. The number of H-pyrrole nitrogens is 1. The molecule has 158 valence electrons. The van der Waals surface area contributed by atoms with Crippen LogP contribution in [-0.4, -0.2) is 26.1 Å². The van der Waals surface area contributed by atoms with Gasteiger partial charge in [0.2, 0.25) is 0 Å². The van der Waals surface area contributed by atoms with Gasteiger partial charge in [0.25, 0.3) is 0 Å². The highest BCUT2D eigenvalue weighted by atomic mass is 16.6. The second-order valence-electron chi connectivity index (χ2n) is 8.57. The first-order valence-corrected chi connectivity index (χ1v) is 11.0. The molecule has 1 fully saturated rings. The van der Waals surface area contributed by atoms with Gasteiger partial charge in [-0.3, -0.25) is 10.1 Å². The standard InChI is InChI=1S/C26H22N4O2/c31-25-19-8-4-5-9-20(19)26(32-25)12-10-18(11-13-26)21-14-22(30-29-21)24-16-27-15-23(28-24)17-6-2-1-3-7-17/h1-9,14-16,18H,10-13H2,(H,29,30). The van der Waals surface area contributed by atoms with Gasteiger partial charge in [-0.15, -0.1) is 0 Å². The molecular formula is C26H22N4O2. The van der Waals surface area contributed by atoms with Crippen LogP contribution in [0.1, 0.15) is 53.2 Å². The number of carbonyl (C=O) groups excluding carboxylic acids is 1. The molecule has 0 amide bonds. The van der Waals surface area contributed by atoms with Gasteiger partial charge in [0, 0.05) is 17.0 Å². The van der Waals surface area contributed by atoms with Gasteiger partial charge in [0.05, 0.1) is 35.0 Å². The normalized spacial score (nSPS) is 22.0. The summed E-state index contributed by atoms with van der Waals surface area (Å²) in [7, 11) is 0. The number of hydrogen-bond donors (Lipinski definition) is 1. The molecule has 0 bridgehead atoms. The van der Waals surface area contributed by atoms with Crippen LogP contribution in [-0.2, 0) is 10.3 Å². The summed E-state index contributed by atoms with van der Waals surface area (Å²) in [6.07, 6.45) is 6.99. The van der Waals surface area contributed by atoms with E-state index < -0.39 is 5.60 Å². The van der Waals surface area contributed by atoms with Gasteiger partial charge in [0.15, 0.2) is 0 Å². The van der Waals surface area contributed by atoms with E-state index in [1.165, 1.54) is 0 Å². The van der Waals surface area contributed by atoms with Crippen molar-refractivity contribution < 1.29 is 9.53 Å². The average Bonchev–Trinajstić information content (AvgIpc) is 3.45. The number of esters is 1. The Morgan fingerprint density at radius 1 is 0.938 bits per heavy atom. The van der Waals surface area contributed by atoms with Crippen LogP contribution >= 0.6 is 0 Å². The maximum absolute atomic E-state index is 12.3. The minimum absolute atomic E-state index is 0.196. The topological polar surface area (TPSA) is 80.8 Å². The molecule has 6 heteroatoms. The molecule has 0 atom stereocenters. The molecule has 6 nitrogen and oxygen atoms in total. The number of aromatic amines is 1. The maximum Gasteiger partial charge on any atom is 0.339 e. The number of aromatic nitrogens is 4. The molecule has 3 heterocycles. The third kappa shape index (κ3) is 3.11. The van der Waals surface area contributed by atoms with Crippen LogP contribution in [0.5, 0.6) is 0 Å². The van der Waals surface area contributed by atoms with Crippen LogP contribution in [0.25, 0.3) is 22.6 Å². The zero-order valence-electron chi connectivity index (χ0n) is 17.5. The first-order chi connectivity index (χ1) is 15.7. The molecule has 4 aromatic rings. The fourth-order valence-corrected chi connectivity index (χ4v) is 5.02. The average molecular weight is 422 g/mol. The molecule has 6 rings (SSSR count). The number of hydrogen-bond acceptors (Lipinski definition) is 5. The molecule has 0 saturated heterocycles. The van der Waals surface area contributed by atoms with Crippen LogP contribution in [0.2, 0.25) is 0 Å². The molecule has 1 aliphatic heterocycles. The molecule has 2 aromatic heterocycles. The van der Waals surface area contributed by atoms with Gasteiger partial charge >= 0.3 is 5.97 Å². The zero-order chi connectivity index (χ0) is 21.5. The van der Waals surface area contributed by atoms with E-state index in [1.54, 1.807) is 12.4 Å². The van der Waals surface area contributed by atoms with Gasteiger partial charge in [-0.1, -0.05) is 48.5 Å². The number of nitrogens with one attached hydrogen (secondary N) is 1. The highest BCUT2D eigenvalue weighted by Gasteiger charge is 2.47.